The highest BCUT2D eigenvalue weighted by atomic mass is 16.5. The third kappa shape index (κ3) is 2.52. The SMILES string of the molecule is Cc1cccc(Cc2noc(C3(O)CCNC3)n2)c1. The van der Waals surface area contributed by atoms with E-state index in [9.17, 15) is 5.11 Å². The lowest BCUT2D eigenvalue weighted by Crippen LogP contribution is -2.28. The Morgan fingerprint density at radius 1 is 1.47 bits per heavy atom. The van der Waals surface area contributed by atoms with Gasteiger partial charge < -0.3 is 14.9 Å². The summed E-state index contributed by atoms with van der Waals surface area (Å²) in [5, 5.41) is 17.4. The van der Waals surface area contributed by atoms with Gasteiger partial charge in [0, 0.05) is 13.0 Å². The molecule has 2 heterocycles. The van der Waals surface area contributed by atoms with Crippen molar-refractivity contribution in [3.05, 3.63) is 47.1 Å². The molecule has 0 spiro atoms. The van der Waals surface area contributed by atoms with Crippen molar-refractivity contribution < 1.29 is 9.63 Å². The fraction of sp³-hybridized carbons (Fsp3) is 0.429. The molecule has 0 aliphatic carbocycles. The number of aromatic nitrogens is 2. The second kappa shape index (κ2) is 4.75. The molecule has 1 atom stereocenters. The van der Waals surface area contributed by atoms with Crippen LogP contribution in [0, 0.1) is 6.92 Å². The molecule has 1 unspecified atom stereocenters. The first kappa shape index (κ1) is 12.3. The molecule has 1 aliphatic heterocycles. The number of nitrogens with one attached hydrogen (secondary N) is 1. The summed E-state index contributed by atoms with van der Waals surface area (Å²) in [6.07, 6.45) is 1.23. The third-order valence-electron chi connectivity index (χ3n) is 3.44. The zero-order chi connectivity index (χ0) is 13.3. The monoisotopic (exact) mass is 259 g/mol. The maximum atomic E-state index is 10.3. The number of benzene rings is 1. The first-order valence-corrected chi connectivity index (χ1v) is 6.47. The first-order valence-electron chi connectivity index (χ1n) is 6.47. The first-order chi connectivity index (χ1) is 9.16. The lowest BCUT2D eigenvalue weighted by Gasteiger charge is -2.14. The number of aliphatic hydroxyl groups is 1. The summed E-state index contributed by atoms with van der Waals surface area (Å²) in [7, 11) is 0. The smallest absolute Gasteiger partial charge is 0.259 e. The number of hydrogen-bond acceptors (Lipinski definition) is 5. The van der Waals surface area contributed by atoms with Gasteiger partial charge in [0.2, 0.25) is 0 Å². The van der Waals surface area contributed by atoms with Crippen molar-refractivity contribution in [1.29, 1.82) is 0 Å². The second-order valence-electron chi connectivity index (χ2n) is 5.14. The Labute approximate surface area is 111 Å². The molecule has 0 radical (unpaired) electrons. The van der Waals surface area contributed by atoms with Crippen molar-refractivity contribution >= 4 is 0 Å². The zero-order valence-electron chi connectivity index (χ0n) is 10.9. The topological polar surface area (TPSA) is 71.2 Å². The highest BCUT2D eigenvalue weighted by molar-refractivity contribution is 5.24. The van der Waals surface area contributed by atoms with Crippen molar-refractivity contribution in [2.24, 2.45) is 0 Å². The molecule has 19 heavy (non-hydrogen) atoms. The van der Waals surface area contributed by atoms with Gasteiger partial charge in [-0.2, -0.15) is 4.98 Å². The molecule has 3 rings (SSSR count). The standard InChI is InChI=1S/C14H17N3O2/c1-10-3-2-4-11(7-10)8-12-16-13(19-17-12)14(18)5-6-15-9-14/h2-4,7,15,18H,5-6,8-9H2,1H3. The minimum absolute atomic E-state index is 0.320. The highest BCUT2D eigenvalue weighted by Gasteiger charge is 2.38. The molecular formula is C14H17N3O2. The van der Waals surface area contributed by atoms with Gasteiger partial charge in [-0.1, -0.05) is 35.0 Å². The maximum absolute atomic E-state index is 10.3. The van der Waals surface area contributed by atoms with Crippen molar-refractivity contribution in [2.45, 2.75) is 25.4 Å². The predicted molar refractivity (Wildman–Crippen MR) is 69.7 cm³/mol. The largest absolute Gasteiger partial charge is 0.379 e. The lowest BCUT2D eigenvalue weighted by molar-refractivity contribution is 0.0243. The van der Waals surface area contributed by atoms with Crippen LogP contribution in [-0.2, 0) is 12.0 Å². The van der Waals surface area contributed by atoms with Crippen molar-refractivity contribution in [3.8, 4) is 0 Å². The number of nitrogens with zero attached hydrogens (tertiary/aromatic N) is 2. The normalized spacial score (nSPS) is 22.8. The molecular weight excluding hydrogens is 242 g/mol. The summed E-state index contributed by atoms with van der Waals surface area (Å²) in [5.41, 5.74) is 1.35. The third-order valence-corrected chi connectivity index (χ3v) is 3.44. The van der Waals surface area contributed by atoms with Crippen LogP contribution in [0.3, 0.4) is 0 Å². The quantitative estimate of drug-likeness (QED) is 0.865. The number of aryl methyl sites for hydroxylation is 1. The van der Waals surface area contributed by atoms with E-state index in [1.165, 1.54) is 5.56 Å². The van der Waals surface area contributed by atoms with Crippen LogP contribution >= 0.6 is 0 Å². The molecule has 1 aromatic carbocycles. The highest BCUT2D eigenvalue weighted by Crippen LogP contribution is 2.26. The van der Waals surface area contributed by atoms with E-state index >= 15 is 0 Å². The summed E-state index contributed by atoms with van der Waals surface area (Å²) < 4.78 is 5.20. The van der Waals surface area contributed by atoms with Crippen LogP contribution in [0.1, 0.15) is 29.3 Å². The van der Waals surface area contributed by atoms with Crippen LogP contribution in [0.15, 0.2) is 28.8 Å². The maximum Gasteiger partial charge on any atom is 0.259 e. The van der Waals surface area contributed by atoms with E-state index in [2.05, 4.69) is 34.5 Å². The second-order valence-corrected chi connectivity index (χ2v) is 5.14. The summed E-state index contributed by atoms with van der Waals surface area (Å²) in [4.78, 5) is 4.32. The van der Waals surface area contributed by atoms with Crippen LogP contribution in [0.2, 0.25) is 0 Å². The van der Waals surface area contributed by atoms with Crippen LogP contribution in [0.5, 0.6) is 0 Å². The Hall–Kier alpha value is -1.72. The van der Waals surface area contributed by atoms with Crippen LogP contribution in [-0.4, -0.2) is 28.3 Å². The molecule has 1 aliphatic rings. The molecule has 1 fully saturated rings. The fourth-order valence-corrected chi connectivity index (χ4v) is 2.38. The van der Waals surface area contributed by atoms with E-state index in [1.54, 1.807) is 0 Å². The summed E-state index contributed by atoms with van der Waals surface area (Å²) >= 11 is 0. The van der Waals surface area contributed by atoms with Crippen molar-refractivity contribution in [1.82, 2.24) is 15.5 Å². The van der Waals surface area contributed by atoms with Crippen molar-refractivity contribution in [2.75, 3.05) is 13.1 Å². The molecule has 2 aromatic rings. The van der Waals surface area contributed by atoms with Gasteiger partial charge >= 0.3 is 0 Å². The molecule has 5 nitrogen and oxygen atoms in total. The minimum Gasteiger partial charge on any atom is -0.379 e. The van der Waals surface area contributed by atoms with Gasteiger partial charge in [-0.15, -0.1) is 0 Å². The van der Waals surface area contributed by atoms with E-state index in [4.69, 9.17) is 4.52 Å². The Bertz CT molecular complexity index is 574. The zero-order valence-corrected chi connectivity index (χ0v) is 10.9. The van der Waals surface area contributed by atoms with E-state index in [-0.39, 0.29) is 0 Å². The van der Waals surface area contributed by atoms with Gasteiger partial charge in [0.15, 0.2) is 11.4 Å². The molecule has 2 N–H and O–H groups in total. The molecule has 1 saturated heterocycles. The minimum atomic E-state index is -1.00. The lowest BCUT2D eigenvalue weighted by atomic mass is 10.0. The molecule has 0 bridgehead atoms. The van der Waals surface area contributed by atoms with Gasteiger partial charge in [0.05, 0.1) is 0 Å². The Morgan fingerprint density at radius 3 is 3.11 bits per heavy atom. The van der Waals surface area contributed by atoms with Gasteiger partial charge in [-0.05, 0) is 25.5 Å². The average Bonchev–Trinajstić information content (AvgIpc) is 2.99. The molecule has 0 amide bonds. The number of β-amino-alcohol motifs (C(OH)–C–C–N with tert-alkyl or cyclic N) is 1. The van der Waals surface area contributed by atoms with Gasteiger partial charge in [0.25, 0.3) is 5.89 Å². The Kier molecular flexibility index (Phi) is 3.08. The number of rotatable bonds is 3. The predicted octanol–water partition coefficient (Wildman–Crippen LogP) is 1.15. The molecule has 100 valence electrons. The van der Waals surface area contributed by atoms with Crippen molar-refractivity contribution in [3.63, 3.8) is 0 Å². The van der Waals surface area contributed by atoms with Gasteiger partial charge in [-0.25, -0.2) is 0 Å². The van der Waals surface area contributed by atoms with Crippen LogP contribution in [0.4, 0.5) is 0 Å². The molecule has 0 saturated carbocycles. The molecule has 1 aromatic heterocycles. The fourth-order valence-electron chi connectivity index (χ4n) is 2.38. The van der Waals surface area contributed by atoms with Crippen LogP contribution in [0.25, 0.3) is 0 Å². The summed E-state index contributed by atoms with van der Waals surface area (Å²) in [6.45, 7) is 3.29. The van der Waals surface area contributed by atoms with Crippen LogP contribution < -0.4 is 5.32 Å². The van der Waals surface area contributed by atoms with E-state index in [0.29, 0.717) is 31.1 Å². The molecule has 5 heteroatoms. The summed E-state index contributed by atoms with van der Waals surface area (Å²) in [5.74, 6) is 0.932. The van der Waals surface area contributed by atoms with Gasteiger partial charge in [0.1, 0.15) is 0 Å². The van der Waals surface area contributed by atoms with Gasteiger partial charge in [-0.3, -0.25) is 0 Å². The number of hydrogen-bond donors (Lipinski definition) is 2. The Morgan fingerprint density at radius 2 is 2.37 bits per heavy atom. The average molecular weight is 259 g/mol. The Balaban J connectivity index is 1.78. The summed E-state index contributed by atoms with van der Waals surface area (Å²) in [6, 6.07) is 8.20. The van der Waals surface area contributed by atoms with E-state index in [1.807, 2.05) is 12.1 Å². The van der Waals surface area contributed by atoms with E-state index in [0.717, 1.165) is 12.1 Å². The van der Waals surface area contributed by atoms with E-state index < -0.39 is 5.60 Å².